The first-order valence-corrected chi connectivity index (χ1v) is 7.09. The largest absolute Gasteiger partial charge is 0.497 e. The van der Waals surface area contributed by atoms with E-state index in [1.165, 1.54) is 6.07 Å². The third-order valence-electron chi connectivity index (χ3n) is 3.26. The lowest BCUT2D eigenvalue weighted by atomic mass is 10.2. The number of ether oxygens (including phenoxy) is 1. The molecule has 1 aromatic heterocycles. The molecule has 0 saturated carbocycles. The molecule has 0 radical (unpaired) electrons. The van der Waals surface area contributed by atoms with E-state index in [1.807, 2.05) is 30.3 Å². The van der Waals surface area contributed by atoms with Gasteiger partial charge in [0.15, 0.2) is 5.43 Å². The van der Waals surface area contributed by atoms with Crippen LogP contribution in [0, 0.1) is 0 Å². The van der Waals surface area contributed by atoms with Crippen molar-refractivity contribution in [1.29, 1.82) is 0 Å². The monoisotopic (exact) mass is 312 g/mol. The number of fused-ring (bicyclic) bond motifs is 1. The fraction of sp³-hybridized carbons (Fsp3) is 0.0556. The fourth-order valence-electron chi connectivity index (χ4n) is 2.12. The number of methoxy groups -OCH3 is 1. The second kappa shape index (κ2) is 6.08. The standard InChI is InChI=1S/C18H13ClO3/c1-21-14-8-9-18-16(10-14)17(20)11-15(22-18)7-4-12-2-5-13(19)6-3-12/h2-11H,1H3/b7-4+. The average Bonchev–Trinajstić information content (AvgIpc) is 2.54. The maximum Gasteiger partial charge on any atom is 0.193 e. The summed E-state index contributed by atoms with van der Waals surface area (Å²) < 4.78 is 10.8. The average molecular weight is 313 g/mol. The molecule has 0 aliphatic heterocycles. The first kappa shape index (κ1) is 14.4. The van der Waals surface area contributed by atoms with Gasteiger partial charge in [-0.05, 0) is 42.0 Å². The van der Waals surface area contributed by atoms with E-state index < -0.39 is 0 Å². The highest BCUT2D eigenvalue weighted by molar-refractivity contribution is 6.30. The first-order valence-electron chi connectivity index (χ1n) is 6.71. The normalized spacial score (nSPS) is 11.2. The summed E-state index contributed by atoms with van der Waals surface area (Å²) in [5, 5.41) is 1.19. The van der Waals surface area contributed by atoms with Crippen LogP contribution in [0.5, 0.6) is 5.75 Å². The summed E-state index contributed by atoms with van der Waals surface area (Å²) in [6.45, 7) is 0. The molecule has 0 bridgehead atoms. The van der Waals surface area contributed by atoms with Crippen LogP contribution in [0.3, 0.4) is 0 Å². The summed E-state index contributed by atoms with van der Waals surface area (Å²) >= 11 is 5.85. The molecule has 3 nitrogen and oxygen atoms in total. The predicted octanol–water partition coefficient (Wildman–Crippen LogP) is 4.63. The van der Waals surface area contributed by atoms with Gasteiger partial charge in [-0.1, -0.05) is 29.8 Å². The predicted molar refractivity (Wildman–Crippen MR) is 89.4 cm³/mol. The van der Waals surface area contributed by atoms with Crippen LogP contribution in [0.4, 0.5) is 0 Å². The maximum atomic E-state index is 12.2. The van der Waals surface area contributed by atoms with E-state index in [0.29, 0.717) is 27.5 Å². The van der Waals surface area contributed by atoms with Crippen molar-refractivity contribution in [3.05, 3.63) is 75.1 Å². The van der Waals surface area contributed by atoms with E-state index in [1.54, 1.807) is 31.4 Å². The summed E-state index contributed by atoms with van der Waals surface area (Å²) in [4.78, 5) is 12.2. The highest BCUT2D eigenvalue weighted by Crippen LogP contribution is 2.20. The van der Waals surface area contributed by atoms with Crippen LogP contribution in [-0.2, 0) is 0 Å². The second-order valence-corrected chi connectivity index (χ2v) is 5.20. The van der Waals surface area contributed by atoms with Gasteiger partial charge in [-0.3, -0.25) is 4.79 Å². The first-order chi connectivity index (χ1) is 10.7. The van der Waals surface area contributed by atoms with Crippen LogP contribution in [-0.4, -0.2) is 7.11 Å². The Labute approximate surface area is 132 Å². The van der Waals surface area contributed by atoms with Crippen LogP contribution < -0.4 is 10.2 Å². The number of hydrogen-bond donors (Lipinski definition) is 0. The van der Waals surface area contributed by atoms with Crippen molar-refractivity contribution in [3.8, 4) is 5.75 Å². The fourth-order valence-corrected chi connectivity index (χ4v) is 2.24. The minimum atomic E-state index is -0.101. The van der Waals surface area contributed by atoms with Gasteiger partial charge in [0, 0.05) is 11.1 Å². The molecule has 0 aliphatic carbocycles. The molecular formula is C18H13ClO3. The van der Waals surface area contributed by atoms with Crippen LogP contribution in [0.15, 0.2) is 57.7 Å². The third-order valence-corrected chi connectivity index (χ3v) is 3.52. The Hall–Kier alpha value is -2.52. The Kier molecular flexibility index (Phi) is 3.98. The topological polar surface area (TPSA) is 39.4 Å². The second-order valence-electron chi connectivity index (χ2n) is 4.76. The molecule has 0 unspecified atom stereocenters. The Bertz CT molecular complexity index is 892. The van der Waals surface area contributed by atoms with E-state index in [0.717, 1.165) is 5.56 Å². The van der Waals surface area contributed by atoms with Gasteiger partial charge < -0.3 is 9.15 Å². The zero-order valence-corrected chi connectivity index (χ0v) is 12.6. The summed E-state index contributed by atoms with van der Waals surface area (Å²) in [5.41, 5.74) is 1.40. The molecule has 3 aromatic rings. The van der Waals surface area contributed by atoms with E-state index >= 15 is 0 Å². The van der Waals surface area contributed by atoms with E-state index in [9.17, 15) is 4.79 Å². The van der Waals surface area contributed by atoms with Gasteiger partial charge in [0.05, 0.1) is 12.5 Å². The molecule has 4 heteroatoms. The number of halogens is 1. The molecule has 0 aliphatic rings. The summed E-state index contributed by atoms with van der Waals surface area (Å²) in [6, 6.07) is 14.0. The number of benzene rings is 2. The van der Waals surface area contributed by atoms with Gasteiger partial charge in [-0.2, -0.15) is 0 Å². The summed E-state index contributed by atoms with van der Waals surface area (Å²) in [7, 11) is 1.56. The molecule has 1 heterocycles. The van der Waals surface area contributed by atoms with Gasteiger partial charge >= 0.3 is 0 Å². The van der Waals surface area contributed by atoms with E-state index in [2.05, 4.69) is 0 Å². The zero-order chi connectivity index (χ0) is 15.5. The molecular weight excluding hydrogens is 300 g/mol. The number of hydrogen-bond acceptors (Lipinski definition) is 3. The molecule has 2 aromatic carbocycles. The summed E-state index contributed by atoms with van der Waals surface area (Å²) in [5.74, 6) is 1.13. The molecule has 110 valence electrons. The smallest absolute Gasteiger partial charge is 0.193 e. The van der Waals surface area contributed by atoms with Crippen LogP contribution in [0.2, 0.25) is 5.02 Å². The van der Waals surface area contributed by atoms with Crippen LogP contribution in [0.1, 0.15) is 11.3 Å². The van der Waals surface area contributed by atoms with Crippen molar-refractivity contribution in [3.63, 3.8) is 0 Å². The molecule has 22 heavy (non-hydrogen) atoms. The van der Waals surface area contributed by atoms with E-state index in [4.69, 9.17) is 20.8 Å². The Morgan fingerprint density at radius 3 is 2.55 bits per heavy atom. The minimum Gasteiger partial charge on any atom is -0.497 e. The van der Waals surface area contributed by atoms with Gasteiger partial charge in [-0.25, -0.2) is 0 Å². The van der Waals surface area contributed by atoms with E-state index in [-0.39, 0.29) is 5.43 Å². The van der Waals surface area contributed by atoms with Gasteiger partial charge in [0.2, 0.25) is 0 Å². The SMILES string of the molecule is COc1ccc2oc(/C=C/c3ccc(Cl)cc3)cc(=O)c2c1. The Morgan fingerprint density at radius 1 is 1.05 bits per heavy atom. The molecule has 0 amide bonds. The van der Waals surface area contributed by atoms with Crippen molar-refractivity contribution in [2.45, 2.75) is 0 Å². The molecule has 0 spiro atoms. The highest BCUT2D eigenvalue weighted by Gasteiger charge is 2.04. The maximum absolute atomic E-state index is 12.2. The Balaban J connectivity index is 1.98. The minimum absolute atomic E-state index is 0.101. The molecule has 0 saturated heterocycles. The quantitative estimate of drug-likeness (QED) is 0.708. The van der Waals surface area contributed by atoms with Crippen molar-refractivity contribution in [1.82, 2.24) is 0 Å². The molecule has 3 rings (SSSR count). The highest BCUT2D eigenvalue weighted by atomic mass is 35.5. The molecule has 0 N–H and O–H groups in total. The number of rotatable bonds is 3. The van der Waals surface area contributed by atoms with Crippen molar-refractivity contribution < 1.29 is 9.15 Å². The van der Waals surface area contributed by atoms with Crippen molar-refractivity contribution in [2.24, 2.45) is 0 Å². The molecule has 0 atom stereocenters. The lowest BCUT2D eigenvalue weighted by Crippen LogP contribution is -2.00. The van der Waals surface area contributed by atoms with Crippen molar-refractivity contribution >= 4 is 34.7 Å². The van der Waals surface area contributed by atoms with Crippen LogP contribution >= 0.6 is 11.6 Å². The summed E-state index contributed by atoms with van der Waals surface area (Å²) in [6.07, 6.45) is 3.62. The third kappa shape index (κ3) is 3.05. The zero-order valence-electron chi connectivity index (χ0n) is 11.9. The molecule has 0 fully saturated rings. The van der Waals surface area contributed by atoms with Gasteiger partial charge in [0.1, 0.15) is 17.1 Å². The van der Waals surface area contributed by atoms with Gasteiger partial charge in [-0.15, -0.1) is 0 Å². The van der Waals surface area contributed by atoms with Gasteiger partial charge in [0.25, 0.3) is 0 Å². The van der Waals surface area contributed by atoms with Crippen LogP contribution in [0.25, 0.3) is 23.1 Å². The van der Waals surface area contributed by atoms with Crippen molar-refractivity contribution in [2.75, 3.05) is 7.11 Å². The lowest BCUT2D eigenvalue weighted by molar-refractivity contribution is 0.415. The Morgan fingerprint density at radius 2 is 1.82 bits per heavy atom. The lowest BCUT2D eigenvalue weighted by Gasteiger charge is -2.02.